The molecule has 21 heteroatoms. The van der Waals surface area contributed by atoms with E-state index in [4.69, 9.17) is 38.2 Å². The number of likely N-dealkylation sites (N-methyl/N-ethyl adjacent to an activating group) is 1. The number of para-hydroxylation sites is 1. The lowest BCUT2D eigenvalue weighted by Gasteiger charge is -2.32. The van der Waals surface area contributed by atoms with Crippen LogP contribution in [0.25, 0.3) is 11.1 Å². The Labute approximate surface area is 520 Å². The van der Waals surface area contributed by atoms with Gasteiger partial charge in [-0.2, -0.15) is 0 Å². The summed E-state index contributed by atoms with van der Waals surface area (Å²) in [7, 11) is 9.88. The Balaban J connectivity index is 0.000000542. The fraction of sp³-hybridized carbons (Fsp3) is 0.353. The number of carbonyl (C=O) groups excluding carboxylic acids is 7. The van der Waals surface area contributed by atoms with Crippen LogP contribution in [0, 0.1) is 5.92 Å². The molecule has 4 N–H and O–H groups in total. The van der Waals surface area contributed by atoms with Crippen LogP contribution in [0.4, 0.5) is 27.5 Å². The minimum Gasteiger partial charge on any atom is -0.493 e. The molecule has 0 bridgehead atoms. The van der Waals surface area contributed by atoms with E-state index in [0.29, 0.717) is 82.2 Å². The second-order valence-corrected chi connectivity index (χ2v) is 22.3. The smallest absolute Gasteiger partial charge is 0.414 e. The number of hydrogen-bond acceptors (Lipinski definition) is 17. The Morgan fingerprint density at radius 1 is 0.697 bits per heavy atom. The Kier molecular flexibility index (Phi) is 25.2. The van der Waals surface area contributed by atoms with Gasteiger partial charge < -0.3 is 64.1 Å². The number of anilines is 3. The minimum atomic E-state index is -0.624. The molecule has 21 nitrogen and oxygen atoms in total. The van der Waals surface area contributed by atoms with E-state index in [1.54, 1.807) is 44.4 Å². The average molecular weight is 1220 g/mol. The monoisotopic (exact) mass is 1220 g/mol. The molecule has 0 radical (unpaired) electrons. The summed E-state index contributed by atoms with van der Waals surface area (Å²) in [6.07, 6.45) is 4.92. The quantitative estimate of drug-likeness (QED) is 0.0265. The van der Waals surface area contributed by atoms with Crippen LogP contribution in [-0.2, 0) is 66.1 Å². The number of hydrogen-bond donors (Lipinski definition) is 4. The van der Waals surface area contributed by atoms with E-state index in [9.17, 15) is 33.6 Å². The fourth-order valence-corrected chi connectivity index (χ4v) is 9.65. The number of nitrogens with one attached hydrogen (secondary N) is 4. The van der Waals surface area contributed by atoms with Gasteiger partial charge in [-0.25, -0.2) is 9.59 Å². The zero-order valence-corrected chi connectivity index (χ0v) is 52.5. The molecule has 4 atom stereocenters. The van der Waals surface area contributed by atoms with Gasteiger partial charge in [-0.3, -0.25) is 29.1 Å². The van der Waals surface area contributed by atoms with Crippen molar-refractivity contribution in [2.75, 3.05) is 64.2 Å². The molecule has 0 aliphatic carbocycles. The lowest BCUT2D eigenvalue weighted by molar-refractivity contribution is -0.128. The summed E-state index contributed by atoms with van der Waals surface area (Å²) in [5, 5.41) is 10.8. The predicted molar refractivity (Wildman–Crippen MR) is 342 cm³/mol. The molecule has 89 heavy (non-hydrogen) atoms. The van der Waals surface area contributed by atoms with Crippen molar-refractivity contribution < 1.29 is 66.7 Å². The molecule has 6 aromatic carbocycles. The molecule has 0 aromatic heterocycles. The Hall–Kier alpha value is -9.76. The first-order valence-corrected chi connectivity index (χ1v) is 28.9. The van der Waals surface area contributed by atoms with Crippen LogP contribution in [-0.4, -0.2) is 128 Å². The number of methoxy groups -OCH3 is 4. The van der Waals surface area contributed by atoms with Gasteiger partial charge in [-0.1, -0.05) is 68.4 Å². The zero-order chi connectivity index (χ0) is 64.8. The van der Waals surface area contributed by atoms with Gasteiger partial charge in [0.05, 0.1) is 62.0 Å². The normalized spacial score (nSPS) is 14.6. The summed E-state index contributed by atoms with van der Waals surface area (Å²) in [6.45, 7) is 11.3. The zero-order valence-electron chi connectivity index (χ0n) is 52.5. The Morgan fingerprint density at radius 3 is 1.90 bits per heavy atom. The van der Waals surface area contributed by atoms with E-state index in [1.807, 2.05) is 128 Å². The lowest BCUT2D eigenvalue weighted by atomic mass is 9.91. The predicted octanol–water partition coefficient (Wildman–Crippen LogP) is 9.64. The number of rotatable bonds is 23. The molecule has 2 aliphatic rings. The number of aliphatic imine (C=N–C) groups is 1. The number of carbonyl (C=O) groups is 7. The summed E-state index contributed by atoms with van der Waals surface area (Å²) >= 11 is 0. The van der Waals surface area contributed by atoms with Gasteiger partial charge in [0.15, 0.2) is 29.3 Å². The third-order valence-electron chi connectivity index (χ3n) is 14.6. The molecular weight excluding hydrogens is 1140 g/mol. The van der Waals surface area contributed by atoms with Crippen LogP contribution in [0.1, 0.15) is 90.1 Å². The first-order valence-electron chi connectivity index (χ1n) is 28.9. The molecule has 8 rings (SSSR count). The summed E-state index contributed by atoms with van der Waals surface area (Å²) in [5.74, 6) is 0.446. The van der Waals surface area contributed by atoms with Crippen molar-refractivity contribution in [3.8, 4) is 34.1 Å². The van der Waals surface area contributed by atoms with Crippen LogP contribution in [0.2, 0.25) is 0 Å². The SMILES string of the molecule is CC(C)C(NC=O)C(=O)N[C@@H](C)C=O.CNc1ccc(COC(=O)N2CC(NC=O)Cc3ccccc3-c3cc(OC)c(OCc4cc(COc5cc(N=CC6Cc7ccccc7N6C)c(C=O)cc5OC)cc(C(=O)OC)c4)cc32)cc1.COC(C)(C)C. The molecule has 6 aromatic rings. The average Bonchev–Trinajstić information content (AvgIpc) is 3.54. The molecular formula is C68H81N7O14. The highest BCUT2D eigenvalue weighted by Gasteiger charge is 2.31. The van der Waals surface area contributed by atoms with Crippen molar-refractivity contribution in [1.82, 2.24) is 16.0 Å². The third kappa shape index (κ3) is 18.9. The number of benzene rings is 6. The van der Waals surface area contributed by atoms with Crippen molar-refractivity contribution >= 4 is 72.3 Å². The molecule has 0 saturated heterocycles. The molecule has 2 aliphatic heterocycles. The fourth-order valence-electron chi connectivity index (χ4n) is 9.65. The van der Waals surface area contributed by atoms with Crippen LogP contribution in [0.15, 0.2) is 120 Å². The van der Waals surface area contributed by atoms with Gasteiger partial charge in [0.1, 0.15) is 32.1 Å². The molecule has 0 spiro atoms. The largest absolute Gasteiger partial charge is 0.493 e. The number of amides is 4. The number of esters is 1. The van der Waals surface area contributed by atoms with Gasteiger partial charge in [0.25, 0.3) is 0 Å². The van der Waals surface area contributed by atoms with Crippen molar-refractivity contribution in [2.45, 2.75) is 104 Å². The maximum atomic E-state index is 14.2. The summed E-state index contributed by atoms with van der Waals surface area (Å²) < 4.78 is 40.4. The second kappa shape index (κ2) is 32.8. The molecule has 2 heterocycles. The van der Waals surface area contributed by atoms with Crippen molar-refractivity contribution in [3.05, 3.63) is 154 Å². The highest BCUT2D eigenvalue weighted by Crippen LogP contribution is 2.44. The molecule has 4 amide bonds. The highest BCUT2D eigenvalue weighted by molar-refractivity contribution is 5.96. The van der Waals surface area contributed by atoms with E-state index in [1.165, 1.54) is 31.8 Å². The number of ether oxygens (including phenoxy) is 7. The van der Waals surface area contributed by atoms with E-state index in [2.05, 4.69) is 38.3 Å². The van der Waals surface area contributed by atoms with Gasteiger partial charge >= 0.3 is 12.1 Å². The van der Waals surface area contributed by atoms with Crippen LogP contribution >= 0.6 is 0 Å². The summed E-state index contributed by atoms with van der Waals surface area (Å²) in [4.78, 5) is 91.7. The maximum absolute atomic E-state index is 14.2. The van der Waals surface area contributed by atoms with Gasteiger partial charge in [-0.15, -0.1) is 0 Å². The van der Waals surface area contributed by atoms with E-state index < -0.39 is 30.2 Å². The van der Waals surface area contributed by atoms with Crippen molar-refractivity contribution in [2.24, 2.45) is 10.9 Å². The molecule has 0 fully saturated rings. The van der Waals surface area contributed by atoms with Crippen molar-refractivity contribution in [1.29, 1.82) is 0 Å². The van der Waals surface area contributed by atoms with Gasteiger partial charge in [0.2, 0.25) is 18.7 Å². The number of nitrogens with zero attached hydrogens (tertiary/aromatic N) is 3. The summed E-state index contributed by atoms with van der Waals surface area (Å²) in [5.41, 5.74) is 9.31. The van der Waals surface area contributed by atoms with Crippen LogP contribution in [0.3, 0.4) is 0 Å². The van der Waals surface area contributed by atoms with E-state index in [0.717, 1.165) is 40.8 Å². The highest BCUT2D eigenvalue weighted by atomic mass is 16.6. The van der Waals surface area contributed by atoms with Gasteiger partial charge in [0, 0.05) is 68.6 Å². The van der Waals surface area contributed by atoms with Crippen LogP contribution in [0.5, 0.6) is 23.0 Å². The first-order chi connectivity index (χ1) is 42.7. The summed E-state index contributed by atoms with van der Waals surface area (Å²) in [6, 6.07) is 33.9. The topological polar surface area (TPSA) is 251 Å². The minimum absolute atomic E-state index is 0.00639. The van der Waals surface area contributed by atoms with Crippen molar-refractivity contribution in [3.63, 3.8) is 0 Å². The maximum Gasteiger partial charge on any atom is 0.414 e. The first kappa shape index (κ1) is 68.4. The van der Waals surface area contributed by atoms with E-state index in [-0.39, 0.29) is 55.4 Å². The Morgan fingerprint density at radius 2 is 1.33 bits per heavy atom. The molecule has 472 valence electrons. The van der Waals surface area contributed by atoms with E-state index >= 15 is 0 Å². The number of aldehydes is 2. The molecule has 0 saturated carbocycles. The Bertz CT molecular complexity index is 3440. The number of fused-ring (bicyclic) bond motifs is 4. The third-order valence-corrected chi connectivity index (χ3v) is 14.6. The lowest BCUT2D eigenvalue weighted by Crippen LogP contribution is -2.49. The van der Waals surface area contributed by atoms with Gasteiger partial charge in [-0.05, 0) is 128 Å². The van der Waals surface area contributed by atoms with Crippen LogP contribution < -0.4 is 50.0 Å². The molecule has 3 unspecified atom stereocenters. The second-order valence-electron chi connectivity index (χ2n) is 22.3. The standard InChI is InChI=1S/C54H53N5O10.C9H16N2O3.C5H12O/c1-55-41-16-14-34(15-17-41)30-69-54(63)59-28-42(57-33-61)21-37-10-6-8-12-44(37)45-24-50(65-4)52(26-48(45)59)68-32-36-18-35(19-39(20-36)53(62)66-5)31-67-51-25-46(40(29-60)23-49(51)64-3)56-27-43-22-38-11-7-9-13-47(38)58(43)2;1-6(2)8(10-5-13)9(14)11-7(3)4-12;1-5(2,3)6-4/h6-20,23-27,29,33,42-43,55H,21-22,28,30-32H2,1-5H3,(H,57,61);4-8H,1-3H3,(H,10,13)(H,11,14);1-4H3/t;7-,8?;/m.0./s1.